The van der Waals surface area contributed by atoms with Crippen molar-refractivity contribution in [1.82, 2.24) is 14.5 Å². The molecule has 3 heterocycles. The third kappa shape index (κ3) is 3.35. The van der Waals surface area contributed by atoms with Crippen LogP contribution in [0.1, 0.15) is 5.56 Å². The van der Waals surface area contributed by atoms with Crippen LogP contribution in [-0.2, 0) is 0 Å². The van der Waals surface area contributed by atoms with Crippen LogP contribution in [0.4, 0.5) is 5.13 Å². The topological polar surface area (TPSA) is 97.6 Å². The minimum Gasteiger partial charge on any atom is -0.375 e. The van der Waals surface area contributed by atoms with E-state index >= 15 is 0 Å². The molecular formula is C24H15N5OS. The van der Waals surface area contributed by atoms with Crippen LogP contribution in [0.25, 0.3) is 38.3 Å². The van der Waals surface area contributed by atoms with E-state index in [9.17, 15) is 10.1 Å². The van der Waals surface area contributed by atoms with Crippen LogP contribution in [0, 0.1) is 11.3 Å². The molecule has 31 heavy (non-hydrogen) atoms. The third-order valence-corrected chi connectivity index (χ3v) is 5.83. The first-order valence-electron chi connectivity index (χ1n) is 9.48. The van der Waals surface area contributed by atoms with Crippen LogP contribution >= 0.6 is 11.3 Å². The number of nitrogens with two attached hydrogens (primary N) is 1. The van der Waals surface area contributed by atoms with Gasteiger partial charge in [0, 0.05) is 29.1 Å². The van der Waals surface area contributed by atoms with E-state index in [2.05, 4.69) is 16.0 Å². The zero-order chi connectivity index (χ0) is 21.4. The van der Waals surface area contributed by atoms with E-state index in [4.69, 9.17) is 5.73 Å². The van der Waals surface area contributed by atoms with Crippen molar-refractivity contribution in [3.05, 3.63) is 95.0 Å². The summed E-state index contributed by atoms with van der Waals surface area (Å²) < 4.78 is 2.48. The molecule has 6 nitrogen and oxygen atoms in total. The standard InChI is InChI=1S/C24H15N5OS/c25-13-15-5-1-2-6-18(15)19-11-16(20-7-3-4-10-27-20)14-29(23(19)30)17-8-9-21-22(12-17)31-24(26)28-21/h1-12,14H,(H2,26,28). The van der Waals surface area contributed by atoms with Crippen LogP contribution in [0.5, 0.6) is 0 Å². The smallest absolute Gasteiger partial charge is 0.263 e. The molecule has 0 aliphatic carbocycles. The number of nitriles is 1. The van der Waals surface area contributed by atoms with Crippen molar-refractivity contribution < 1.29 is 0 Å². The molecule has 0 unspecified atom stereocenters. The van der Waals surface area contributed by atoms with Gasteiger partial charge in [0.2, 0.25) is 0 Å². The fourth-order valence-electron chi connectivity index (χ4n) is 3.54. The molecule has 7 heteroatoms. The number of benzene rings is 2. The first kappa shape index (κ1) is 18.7. The summed E-state index contributed by atoms with van der Waals surface area (Å²) in [4.78, 5) is 22.3. The van der Waals surface area contributed by atoms with Gasteiger partial charge in [0.05, 0.1) is 33.2 Å². The summed E-state index contributed by atoms with van der Waals surface area (Å²) in [5.74, 6) is 0. The summed E-state index contributed by atoms with van der Waals surface area (Å²) in [6, 6.07) is 22.3. The maximum atomic E-state index is 13.6. The second-order valence-electron chi connectivity index (χ2n) is 6.89. The van der Waals surface area contributed by atoms with Gasteiger partial charge >= 0.3 is 0 Å². The fraction of sp³-hybridized carbons (Fsp3) is 0. The Kier molecular flexibility index (Phi) is 4.54. The monoisotopic (exact) mass is 421 g/mol. The summed E-state index contributed by atoms with van der Waals surface area (Å²) in [6.07, 6.45) is 3.48. The highest BCUT2D eigenvalue weighted by Gasteiger charge is 2.15. The van der Waals surface area contributed by atoms with E-state index in [-0.39, 0.29) is 5.56 Å². The minimum atomic E-state index is -0.223. The van der Waals surface area contributed by atoms with Crippen LogP contribution in [0.3, 0.4) is 0 Å². The summed E-state index contributed by atoms with van der Waals surface area (Å²) in [5, 5.41) is 10.1. The van der Waals surface area contributed by atoms with E-state index in [1.165, 1.54) is 11.3 Å². The molecular weight excluding hydrogens is 406 g/mol. The van der Waals surface area contributed by atoms with Crippen molar-refractivity contribution in [2.24, 2.45) is 0 Å². The molecule has 0 atom stereocenters. The van der Waals surface area contributed by atoms with Gasteiger partial charge < -0.3 is 5.73 Å². The number of nitrogen functional groups attached to an aromatic ring is 1. The lowest BCUT2D eigenvalue weighted by Gasteiger charge is -2.13. The number of rotatable bonds is 3. The van der Waals surface area contributed by atoms with Gasteiger partial charge in [-0.2, -0.15) is 5.26 Å². The molecule has 0 aliphatic heterocycles. The molecule has 0 fully saturated rings. The number of thiazole rings is 1. The average molecular weight is 421 g/mol. The van der Waals surface area contributed by atoms with E-state index in [0.717, 1.165) is 21.5 Å². The fourth-order valence-corrected chi connectivity index (χ4v) is 4.30. The zero-order valence-corrected chi connectivity index (χ0v) is 17.0. The highest BCUT2D eigenvalue weighted by atomic mass is 32.1. The maximum absolute atomic E-state index is 13.6. The molecule has 0 radical (unpaired) electrons. The zero-order valence-electron chi connectivity index (χ0n) is 16.2. The van der Waals surface area contributed by atoms with E-state index in [1.54, 1.807) is 41.2 Å². The van der Waals surface area contributed by atoms with Crippen LogP contribution in [0.2, 0.25) is 0 Å². The molecule has 148 valence electrons. The Balaban J connectivity index is 1.81. The molecule has 5 aromatic rings. The minimum absolute atomic E-state index is 0.223. The SMILES string of the molecule is N#Cc1ccccc1-c1cc(-c2ccccn2)cn(-c2ccc3nc(N)sc3c2)c1=O. The molecule has 0 spiro atoms. The summed E-state index contributed by atoms with van der Waals surface area (Å²) in [7, 11) is 0. The lowest BCUT2D eigenvalue weighted by atomic mass is 9.99. The Morgan fingerprint density at radius 3 is 2.65 bits per heavy atom. The third-order valence-electron chi connectivity index (χ3n) is 4.98. The number of anilines is 1. The molecule has 5 rings (SSSR count). The van der Waals surface area contributed by atoms with Gasteiger partial charge in [-0.15, -0.1) is 0 Å². The largest absolute Gasteiger partial charge is 0.375 e. The molecule has 0 aliphatic rings. The normalized spacial score (nSPS) is 10.8. The highest BCUT2D eigenvalue weighted by Crippen LogP contribution is 2.28. The number of hydrogen-bond donors (Lipinski definition) is 1. The van der Waals surface area contributed by atoms with Gasteiger partial charge in [-0.05, 0) is 42.5 Å². The number of fused-ring (bicyclic) bond motifs is 1. The van der Waals surface area contributed by atoms with Gasteiger partial charge in [0.25, 0.3) is 5.56 Å². The highest BCUT2D eigenvalue weighted by molar-refractivity contribution is 7.22. The molecule has 2 N–H and O–H groups in total. The number of hydrogen-bond acceptors (Lipinski definition) is 6. The second-order valence-corrected chi connectivity index (χ2v) is 7.96. The molecule has 2 aromatic carbocycles. The molecule has 0 amide bonds. The van der Waals surface area contributed by atoms with Crippen LogP contribution < -0.4 is 11.3 Å². The van der Waals surface area contributed by atoms with E-state index < -0.39 is 0 Å². The lowest BCUT2D eigenvalue weighted by Crippen LogP contribution is -2.20. The van der Waals surface area contributed by atoms with Crippen molar-refractivity contribution >= 4 is 26.7 Å². The average Bonchev–Trinajstić information content (AvgIpc) is 3.19. The van der Waals surface area contributed by atoms with E-state index in [0.29, 0.717) is 27.5 Å². The Hall–Kier alpha value is -4.28. The summed E-state index contributed by atoms with van der Waals surface area (Å²) in [5.41, 5.74) is 10.1. The van der Waals surface area contributed by atoms with Gasteiger partial charge in [-0.3, -0.25) is 14.3 Å². The van der Waals surface area contributed by atoms with Crippen LogP contribution in [-0.4, -0.2) is 14.5 Å². The number of nitrogens with zero attached hydrogens (tertiary/aromatic N) is 4. The van der Waals surface area contributed by atoms with Crippen molar-refractivity contribution in [1.29, 1.82) is 5.26 Å². The number of pyridine rings is 2. The predicted octanol–water partition coefficient (Wildman–Crippen LogP) is 4.63. The van der Waals surface area contributed by atoms with Gasteiger partial charge in [0.1, 0.15) is 0 Å². The quantitative estimate of drug-likeness (QED) is 0.458. The Morgan fingerprint density at radius 1 is 1.00 bits per heavy atom. The Morgan fingerprint density at radius 2 is 1.84 bits per heavy atom. The van der Waals surface area contributed by atoms with Gasteiger partial charge in [-0.25, -0.2) is 4.98 Å². The first-order chi connectivity index (χ1) is 15.1. The maximum Gasteiger partial charge on any atom is 0.263 e. The molecule has 3 aromatic heterocycles. The molecule has 0 saturated heterocycles. The lowest BCUT2D eigenvalue weighted by molar-refractivity contribution is 0.996. The van der Waals surface area contributed by atoms with E-state index in [1.807, 2.05) is 42.5 Å². The Labute approximate surface area is 181 Å². The summed E-state index contributed by atoms with van der Waals surface area (Å²) >= 11 is 1.37. The number of aromatic nitrogens is 3. The van der Waals surface area contributed by atoms with Crippen molar-refractivity contribution in [3.8, 4) is 34.1 Å². The van der Waals surface area contributed by atoms with Gasteiger partial charge in [-0.1, -0.05) is 35.6 Å². The first-order valence-corrected chi connectivity index (χ1v) is 10.3. The summed E-state index contributed by atoms with van der Waals surface area (Å²) in [6.45, 7) is 0. The second kappa shape index (κ2) is 7.52. The Bertz CT molecular complexity index is 1530. The molecule has 0 saturated carbocycles. The van der Waals surface area contributed by atoms with Crippen LogP contribution in [0.15, 0.2) is 83.9 Å². The van der Waals surface area contributed by atoms with Crippen molar-refractivity contribution in [2.75, 3.05) is 5.73 Å². The van der Waals surface area contributed by atoms with Crippen molar-refractivity contribution in [2.45, 2.75) is 0 Å². The van der Waals surface area contributed by atoms with Crippen molar-refractivity contribution in [3.63, 3.8) is 0 Å². The molecule has 0 bridgehead atoms. The van der Waals surface area contributed by atoms with Gasteiger partial charge in [0.15, 0.2) is 5.13 Å². The predicted molar refractivity (Wildman–Crippen MR) is 123 cm³/mol.